The third-order valence-electron chi connectivity index (χ3n) is 4.06. The molecule has 6 heteroatoms. The van der Waals surface area contributed by atoms with E-state index in [-0.39, 0.29) is 17.9 Å². The molecule has 1 aromatic carbocycles. The second kappa shape index (κ2) is 7.57. The maximum atomic E-state index is 12.3. The predicted molar refractivity (Wildman–Crippen MR) is 96.1 cm³/mol. The molecule has 1 aromatic heterocycles. The molecular weight excluding hydrogens is 370 g/mol. The number of carbonyl (C=O) groups is 2. The minimum absolute atomic E-state index is 0.173. The fourth-order valence-electron chi connectivity index (χ4n) is 2.76. The summed E-state index contributed by atoms with van der Waals surface area (Å²) in [6.45, 7) is 0. The topological polar surface area (TPSA) is 71.1 Å². The van der Waals surface area contributed by atoms with Crippen molar-refractivity contribution >= 4 is 33.4 Å². The first-order valence-electron chi connectivity index (χ1n) is 7.94. The van der Waals surface area contributed by atoms with Gasteiger partial charge in [-0.1, -0.05) is 28.8 Å². The van der Waals surface area contributed by atoms with Crippen molar-refractivity contribution < 1.29 is 9.59 Å². The number of carbonyl (C=O) groups excluding carboxylic acids is 2. The fourth-order valence-corrected chi connectivity index (χ4v) is 3.03. The Kier molecular flexibility index (Phi) is 5.25. The monoisotopic (exact) mass is 387 g/mol. The van der Waals surface area contributed by atoms with Crippen molar-refractivity contribution in [3.05, 3.63) is 58.3 Å². The Bertz CT molecular complexity index is 740. The van der Waals surface area contributed by atoms with Crippen molar-refractivity contribution in [1.82, 2.24) is 10.3 Å². The molecule has 1 saturated carbocycles. The van der Waals surface area contributed by atoms with Gasteiger partial charge in [0.05, 0.1) is 11.1 Å². The SMILES string of the molecule is O=C(Nc1ccc(Br)cc1)c1cncc(C(=O)NC2CCCC2)c1. The number of hydrogen-bond donors (Lipinski definition) is 2. The summed E-state index contributed by atoms with van der Waals surface area (Å²) in [6, 6.07) is 9.10. The first-order chi connectivity index (χ1) is 11.6. The maximum Gasteiger partial charge on any atom is 0.257 e. The average molecular weight is 388 g/mol. The third kappa shape index (κ3) is 4.20. The molecule has 1 heterocycles. The van der Waals surface area contributed by atoms with Crippen LogP contribution < -0.4 is 10.6 Å². The molecule has 2 N–H and O–H groups in total. The lowest BCUT2D eigenvalue weighted by atomic mass is 10.1. The van der Waals surface area contributed by atoms with Gasteiger partial charge in [0.25, 0.3) is 11.8 Å². The van der Waals surface area contributed by atoms with E-state index in [2.05, 4.69) is 31.5 Å². The number of aromatic nitrogens is 1. The summed E-state index contributed by atoms with van der Waals surface area (Å²) in [5.74, 6) is -0.465. The van der Waals surface area contributed by atoms with E-state index in [9.17, 15) is 9.59 Å². The molecule has 0 unspecified atom stereocenters. The highest BCUT2D eigenvalue weighted by atomic mass is 79.9. The Morgan fingerprint density at radius 3 is 2.29 bits per heavy atom. The average Bonchev–Trinajstić information content (AvgIpc) is 3.10. The number of halogens is 1. The summed E-state index contributed by atoms with van der Waals surface area (Å²) >= 11 is 3.35. The van der Waals surface area contributed by atoms with Crippen LogP contribution in [0.4, 0.5) is 5.69 Å². The number of pyridine rings is 1. The summed E-state index contributed by atoms with van der Waals surface area (Å²) < 4.78 is 0.938. The first kappa shape index (κ1) is 16.6. The van der Waals surface area contributed by atoms with Gasteiger partial charge in [0.15, 0.2) is 0 Å². The zero-order valence-electron chi connectivity index (χ0n) is 13.1. The number of hydrogen-bond acceptors (Lipinski definition) is 3. The van der Waals surface area contributed by atoms with E-state index in [0.717, 1.165) is 30.2 Å². The minimum atomic E-state index is -0.291. The Morgan fingerprint density at radius 2 is 1.62 bits per heavy atom. The van der Waals surface area contributed by atoms with Gasteiger partial charge in [-0.05, 0) is 43.2 Å². The van der Waals surface area contributed by atoms with Crippen molar-refractivity contribution in [2.75, 3.05) is 5.32 Å². The van der Waals surface area contributed by atoms with Crippen molar-refractivity contribution in [2.45, 2.75) is 31.7 Å². The highest BCUT2D eigenvalue weighted by molar-refractivity contribution is 9.10. The van der Waals surface area contributed by atoms with Crippen molar-refractivity contribution in [3.8, 4) is 0 Å². The second-order valence-electron chi connectivity index (χ2n) is 5.88. The Balaban J connectivity index is 1.68. The molecule has 24 heavy (non-hydrogen) atoms. The zero-order valence-corrected chi connectivity index (χ0v) is 14.7. The quantitative estimate of drug-likeness (QED) is 0.838. The third-order valence-corrected chi connectivity index (χ3v) is 4.58. The Morgan fingerprint density at radius 1 is 1.00 bits per heavy atom. The number of amides is 2. The van der Waals surface area contributed by atoms with Gasteiger partial charge in [0, 0.05) is 28.6 Å². The standard InChI is InChI=1S/C18H18BrN3O2/c19-14-5-7-16(8-6-14)22-18(24)13-9-12(10-20-11-13)17(23)21-15-3-1-2-4-15/h5-11,15H,1-4H2,(H,21,23)(H,22,24). The van der Waals surface area contributed by atoms with Crippen LogP contribution in [0.25, 0.3) is 0 Å². The van der Waals surface area contributed by atoms with Gasteiger partial charge in [-0.25, -0.2) is 0 Å². The zero-order chi connectivity index (χ0) is 16.9. The largest absolute Gasteiger partial charge is 0.349 e. The summed E-state index contributed by atoms with van der Waals surface area (Å²) in [5, 5.41) is 5.79. The molecule has 1 aliphatic carbocycles. The minimum Gasteiger partial charge on any atom is -0.349 e. The number of nitrogens with one attached hydrogen (secondary N) is 2. The Hall–Kier alpha value is -2.21. The van der Waals surface area contributed by atoms with Crippen molar-refractivity contribution in [1.29, 1.82) is 0 Å². The van der Waals surface area contributed by atoms with Crippen LogP contribution >= 0.6 is 15.9 Å². The molecule has 0 spiro atoms. The van der Waals surface area contributed by atoms with Crippen LogP contribution in [0, 0.1) is 0 Å². The van der Waals surface area contributed by atoms with E-state index in [0.29, 0.717) is 16.8 Å². The predicted octanol–water partition coefficient (Wildman–Crippen LogP) is 3.77. The van der Waals surface area contributed by atoms with Gasteiger partial charge in [-0.2, -0.15) is 0 Å². The van der Waals surface area contributed by atoms with Crippen LogP contribution in [0.2, 0.25) is 0 Å². The van der Waals surface area contributed by atoms with Crippen molar-refractivity contribution in [3.63, 3.8) is 0 Å². The van der Waals surface area contributed by atoms with E-state index >= 15 is 0 Å². The number of nitrogens with zero attached hydrogens (tertiary/aromatic N) is 1. The molecule has 1 fully saturated rings. The summed E-state index contributed by atoms with van der Waals surface area (Å²) in [4.78, 5) is 28.6. The molecule has 0 saturated heterocycles. The normalized spacial score (nSPS) is 14.4. The lowest BCUT2D eigenvalue weighted by Gasteiger charge is -2.12. The first-order valence-corrected chi connectivity index (χ1v) is 8.74. The lowest BCUT2D eigenvalue weighted by Crippen LogP contribution is -2.32. The molecule has 0 radical (unpaired) electrons. The number of anilines is 1. The Labute approximate surface area is 149 Å². The summed E-state index contributed by atoms with van der Waals surface area (Å²) in [6.07, 6.45) is 7.28. The van der Waals surface area contributed by atoms with Gasteiger partial charge in [0.1, 0.15) is 0 Å². The van der Waals surface area contributed by atoms with Gasteiger partial charge >= 0.3 is 0 Å². The smallest absolute Gasteiger partial charge is 0.257 e. The van der Waals surface area contributed by atoms with E-state index in [4.69, 9.17) is 0 Å². The molecule has 0 bridgehead atoms. The van der Waals surface area contributed by atoms with Gasteiger partial charge < -0.3 is 10.6 Å². The fraction of sp³-hybridized carbons (Fsp3) is 0.278. The van der Waals surface area contributed by atoms with Crippen LogP contribution in [-0.4, -0.2) is 22.8 Å². The molecule has 2 aromatic rings. The molecule has 2 amide bonds. The van der Waals surface area contributed by atoms with E-state index in [1.165, 1.54) is 12.4 Å². The summed E-state index contributed by atoms with van der Waals surface area (Å²) in [5.41, 5.74) is 1.45. The molecule has 5 nitrogen and oxygen atoms in total. The van der Waals surface area contributed by atoms with E-state index in [1.54, 1.807) is 18.2 Å². The van der Waals surface area contributed by atoms with Crippen LogP contribution in [0.15, 0.2) is 47.2 Å². The molecule has 0 atom stereocenters. The van der Waals surface area contributed by atoms with E-state index < -0.39 is 0 Å². The van der Waals surface area contributed by atoms with Crippen LogP contribution in [0.3, 0.4) is 0 Å². The summed E-state index contributed by atoms with van der Waals surface area (Å²) in [7, 11) is 0. The molecule has 124 valence electrons. The number of rotatable bonds is 4. The highest BCUT2D eigenvalue weighted by Crippen LogP contribution is 2.18. The maximum absolute atomic E-state index is 12.3. The van der Waals surface area contributed by atoms with Crippen LogP contribution in [0.5, 0.6) is 0 Å². The van der Waals surface area contributed by atoms with Gasteiger partial charge in [-0.15, -0.1) is 0 Å². The molecular formula is C18H18BrN3O2. The van der Waals surface area contributed by atoms with Crippen LogP contribution in [0.1, 0.15) is 46.4 Å². The molecule has 0 aliphatic heterocycles. The molecule has 1 aliphatic rings. The number of benzene rings is 1. The van der Waals surface area contributed by atoms with Crippen LogP contribution in [-0.2, 0) is 0 Å². The van der Waals surface area contributed by atoms with E-state index in [1.807, 2.05) is 12.1 Å². The molecule has 3 rings (SSSR count). The second-order valence-corrected chi connectivity index (χ2v) is 6.79. The highest BCUT2D eigenvalue weighted by Gasteiger charge is 2.19. The van der Waals surface area contributed by atoms with Gasteiger partial charge in [0.2, 0.25) is 0 Å². The lowest BCUT2D eigenvalue weighted by molar-refractivity contribution is 0.0937. The van der Waals surface area contributed by atoms with Gasteiger partial charge in [-0.3, -0.25) is 14.6 Å². The van der Waals surface area contributed by atoms with Crippen molar-refractivity contribution in [2.24, 2.45) is 0 Å².